The Hall–Kier alpha value is -1.62. The van der Waals surface area contributed by atoms with E-state index in [1.807, 2.05) is 0 Å². The molecule has 1 aromatic heterocycles. The summed E-state index contributed by atoms with van der Waals surface area (Å²) in [5.74, 6) is 5.25. The number of rotatable bonds is 6. The van der Waals surface area contributed by atoms with Crippen LogP contribution < -0.4 is 16.6 Å². The molecule has 0 spiro atoms. The maximum absolute atomic E-state index is 12.3. The van der Waals surface area contributed by atoms with Crippen LogP contribution in [-0.2, 0) is 0 Å². The van der Waals surface area contributed by atoms with Crippen LogP contribution in [0.15, 0.2) is 18.5 Å². The summed E-state index contributed by atoms with van der Waals surface area (Å²) < 4.78 is 0. The summed E-state index contributed by atoms with van der Waals surface area (Å²) in [6.45, 7) is 6.25. The van der Waals surface area contributed by atoms with Gasteiger partial charge in [0.1, 0.15) is 0 Å². The molecule has 1 aromatic rings. The number of hydrogen-bond acceptors (Lipinski definition) is 4. The third kappa shape index (κ3) is 2.98. The fourth-order valence-electron chi connectivity index (χ4n) is 2.02. The number of pyridine rings is 1. The number of anilines is 1. The van der Waals surface area contributed by atoms with Gasteiger partial charge in [-0.25, -0.2) is 0 Å². The fourth-order valence-corrected chi connectivity index (χ4v) is 2.02. The molecule has 1 rings (SSSR count). The van der Waals surface area contributed by atoms with Gasteiger partial charge < -0.3 is 10.7 Å². The van der Waals surface area contributed by atoms with Crippen LogP contribution in [0.2, 0.25) is 0 Å². The number of hydrazine groups is 1. The lowest BCUT2D eigenvalue weighted by Gasteiger charge is -2.32. The number of amides is 1. The molecule has 0 aliphatic carbocycles. The number of carbonyl (C=O) groups is 1. The molecule has 0 saturated carbocycles. The van der Waals surface area contributed by atoms with Gasteiger partial charge in [0, 0.05) is 17.9 Å². The highest BCUT2D eigenvalue weighted by atomic mass is 16.1. The monoisotopic (exact) mass is 250 g/mol. The van der Waals surface area contributed by atoms with Crippen molar-refractivity contribution in [3.63, 3.8) is 0 Å². The van der Waals surface area contributed by atoms with Crippen molar-refractivity contribution in [1.82, 2.24) is 10.3 Å². The van der Waals surface area contributed by atoms with Crippen molar-refractivity contribution >= 4 is 11.6 Å². The SMILES string of the molecule is CCC(CC)(CC)NC(=O)c1cnccc1NN. The Morgan fingerprint density at radius 1 is 1.33 bits per heavy atom. The van der Waals surface area contributed by atoms with E-state index >= 15 is 0 Å². The Labute approximate surface area is 108 Å². The van der Waals surface area contributed by atoms with Gasteiger partial charge in [-0.15, -0.1) is 0 Å². The molecule has 0 aromatic carbocycles. The lowest BCUT2D eigenvalue weighted by molar-refractivity contribution is 0.0888. The fraction of sp³-hybridized carbons (Fsp3) is 0.538. The number of aromatic nitrogens is 1. The first-order chi connectivity index (χ1) is 8.62. The topological polar surface area (TPSA) is 80.0 Å². The number of carbonyl (C=O) groups excluding carboxylic acids is 1. The summed E-state index contributed by atoms with van der Waals surface area (Å²) >= 11 is 0. The zero-order valence-corrected chi connectivity index (χ0v) is 11.3. The Balaban J connectivity index is 2.94. The lowest BCUT2D eigenvalue weighted by atomic mass is 9.89. The van der Waals surface area contributed by atoms with Crippen molar-refractivity contribution in [2.24, 2.45) is 5.84 Å². The Morgan fingerprint density at radius 3 is 2.44 bits per heavy atom. The van der Waals surface area contributed by atoms with E-state index in [2.05, 4.69) is 36.5 Å². The molecule has 0 saturated heterocycles. The van der Waals surface area contributed by atoms with Gasteiger partial charge in [-0.1, -0.05) is 20.8 Å². The number of nitrogens with one attached hydrogen (secondary N) is 2. The molecular formula is C13H22N4O. The van der Waals surface area contributed by atoms with E-state index in [4.69, 9.17) is 5.84 Å². The van der Waals surface area contributed by atoms with Gasteiger partial charge in [0.2, 0.25) is 0 Å². The third-order valence-corrected chi connectivity index (χ3v) is 3.63. The minimum Gasteiger partial charge on any atom is -0.347 e. The molecule has 0 aliphatic heterocycles. The van der Waals surface area contributed by atoms with Crippen molar-refractivity contribution < 1.29 is 4.79 Å². The first kappa shape index (κ1) is 14.4. The highest BCUT2D eigenvalue weighted by Crippen LogP contribution is 2.21. The van der Waals surface area contributed by atoms with Crippen molar-refractivity contribution in [3.8, 4) is 0 Å². The van der Waals surface area contributed by atoms with Crippen LogP contribution in [-0.4, -0.2) is 16.4 Å². The van der Waals surface area contributed by atoms with E-state index in [9.17, 15) is 4.79 Å². The first-order valence-electron chi connectivity index (χ1n) is 6.35. The van der Waals surface area contributed by atoms with E-state index in [1.165, 1.54) is 6.20 Å². The maximum atomic E-state index is 12.3. The second kappa shape index (κ2) is 6.35. The summed E-state index contributed by atoms with van der Waals surface area (Å²) in [6.07, 6.45) is 5.82. The molecule has 5 heteroatoms. The van der Waals surface area contributed by atoms with Crippen LogP contribution in [0.25, 0.3) is 0 Å². The molecule has 1 amide bonds. The zero-order valence-electron chi connectivity index (χ0n) is 11.3. The predicted octanol–water partition coefficient (Wildman–Crippen LogP) is 2.07. The van der Waals surface area contributed by atoms with Crippen molar-refractivity contribution in [3.05, 3.63) is 24.0 Å². The number of nitrogens with zero attached hydrogens (tertiary/aromatic N) is 1. The van der Waals surface area contributed by atoms with E-state index in [0.717, 1.165) is 19.3 Å². The minimum atomic E-state index is -0.154. The van der Waals surface area contributed by atoms with Gasteiger partial charge in [0.05, 0.1) is 11.3 Å². The third-order valence-electron chi connectivity index (χ3n) is 3.63. The summed E-state index contributed by atoms with van der Waals surface area (Å²) in [6, 6.07) is 1.68. The highest BCUT2D eigenvalue weighted by Gasteiger charge is 2.27. The molecule has 0 aliphatic rings. The molecular weight excluding hydrogens is 228 g/mol. The van der Waals surface area contributed by atoms with Crippen LogP contribution in [0.3, 0.4) is 0 Å². The Morgan fingerprint density at radius 2 is 1.94 bits per heavy atom. The summed E-state index contributed by atoms with van der Waals surface area (Å²) in [7, 11) is 0. The summed E-state index contributed by atoms with van der Waals surface area (Å²) in [5, 5.41) is 3.10. The predicted molar refractivity (Wildman–Crippen MR) is 73.1 cm³/mol. The van der Waals surface area contributed by atoms with E-state index in [0.29, 0.717) is 11.3 Å². The lowest BCUT2D eigenvalue weighted by Crippen LogP contribution is -2.47. The van der Waals surface area contributed by atoms with Gasteiger partial charge in [0.25, 0.3) is 5.91 Å². The zero-order chi connectivity index (χ0) is 13.6. The molecule has 5 nitrogen and oxygen atoms in total. The second-order valence-electron chi connectivity index (χ2n) is 4.36. The van der Waals surface area contributed by atoms with Gasteiger partial charge >= 0.3 is 0 Å². The molecule has 4 N–H and O–H groups in total. The first-order valence-corrected chi connectivity index (χ1v) is 6.35. The van der Waals surface area contributed by atoms with E-state index in [1.54, 1.807) is 12.3 Å². The average Bonchev–Trinajstić information content (AvgIpc) is 2.44. The van der Waals surface area contributed by atoms with Crippen LogP contribution in [0, 0.1) is 0 Å². The average molecular weight is 250 g/mol. The molecule has 100 valence electrons. The van der Waals surface area contributed by atoms with Crippen LogP contribution in [0.4, 0.5) is 5.69 Å². The highest BCUT2D eigenvalue weighted by molar-refractivity contribution is 5.99. The molecule has 0 bridgehead atoms. The van der Waals surface area contributed by atoms with E-state index < -0.39 is 0 Å². The van der Waals surface area contributed by atoms with Crippen LogP contribution in [0.1, 0.15) is 50.4 Å². The number of nitrogen functional groups attached to an aromatic ring is 1. The normalized spacial score (nSPS) is 11.1. The largest absolute Gasteiger partial charge is 0.347 e. The van der Waals surface area contributed by atoms with Gasteiger partial charge in [-0.2, -0.15) is 0 Å². The number of hydrogen-bond donors (Lipinski definition) is 3. The number of nitrogens with two attached hydrogens (primary N) is 1. The van der Waals surface area contributed by atoms with Crippen LogP contribution >= 0.6 is 0 Å². The molecule has 0 unspecified atom stereocenters. The van der Waals surface area contributed by atoms with Crippen molar-refractivity contribution in [2.45, 2.75) is 45.6 Å². The quantitative estimate of drug-likeness (QED) is 0.533. The second-order valence-corrected chi connectivity index (χ2v) is 4.36. The van der Waals surface area contributed by atoms with Gasteiger partial charge in [-0.3, -0.25) is 15.6 Å². The Bertz CT molecular complexity index is 393. The maximum Gasteiger partial charge on any atom is 0.255 e. The van der Waals surface area contributed by atoms with Crippen molar-refractivity contribution in [2.75, 3.05) is 5.43 Å². The Kier molecular flexibility index (Phi) is 5.09. The smallest absolute Gasteiger partial charge is 0.255 e. The van der Waals surface area contributed by atoms with Gasteiger partial charge in [0.15, 0.2) is 0 Å². The molecule has 0 fully saturated rings. The molecule has 0 radical (unpaired) electrons. The summed E-state index contributed by atoms with van der Waals surface area (Å²) in [4.78, 5) is 16.2. The van der Waals surface area contributed by atoms with Crippen LogP contribution in [0.5, 0.6) is 0 Å². The molecule has 0 atom stereocenters. The van der Waals surface area contributed by atoms with Crippen molar-refractivity contribution in [1.29, 1.82) is 0 Å². The minimum absolute atomic E-state index is 0.137. The van der Waals surface area contributed by atoms with Gasteiger partial charge in [-0.05, 0) is 25.3 Å². The standard InChI is InChI=1S/C13H22N4O/c1-4-13(5-2,6-3)16-12(18)10-9-15-8-7-11(10)17-14/h7-9H,4-6,14H2,1-3H3,(H,15,17)(H,16,18). The molecule has 1 heterocycles. The van der Waals surface area contributed by atoms with E-state index in [-0.39, 0.29) is 11.4 Å². The summed E-state index contributed by atoms with van der Waals surface area (Å²) in [5.41, 5.74) is 3.42. The molecule has 18 heavy (non-hydrogen) atoms.